The topological polar surface area (TPSA) is 95.5 Å². The van der Waals surface area contributed by atoms with Gasteiger partial charge in [0, 0.05) is 12.1 Å². The van der Waals surface area contributed by atoms with E-state index in [1.165, 1.54) is 0 Å². The molecule has 0 spiro atoms. The van der Waals surface area contributed by atoms with E-state index in [0.29, 0.717) is 23.6 Å². The van der Waals surface area contributed by atoms with E-state index < -0.39 is 11.9 Å². The van der Waals surface area contributed by atoms with Crippen LogP contribution in [0.15, 0.2) is 24.3 Å². The number of carbonyl (C=O) groups is 3. The van der Waals surface area contributed by atoms with Gasteiger partial charge in [-0.2, -0.15) is 0 Å². The first-order valence-corrected chi connectivity index (χ1v) is 7.69. The molecule has 0 saturated carbocycles. The zero-order valence-electron chi connectivity index (χ0n) is 13.8. The van der Waals surface area contributed by atoms with Crippen LogP contribution in [0.1, 0.15) is 45.1 Å². The van der Waals surface area contributed by atoms with Crippen LogP contribution in [0.3, 0.4) is 0 Å². The van der Waals surface area contributed by atoms with Gasteiger partial charge in [0.05, 0.1) is 12.5 Å². The second kappa shape index (κ2) is 8.92. The molecule has 23 heavy (non-hydrogen) atoms. The number of hydrogen-bond acceptors (Lipinski definition) is 3. The fraction of sp³-hybridized carbons (Fsp3) is 0.471. The Balaban J connectivity index is 2.50. The highest BCUT2D eigenvalue weighted by Gasteiger charge is 2.14. The lowest BCUT2D eigenvalue weighted by Crippen LogP contribution is -2.32. The van der Waals surface area contributed by atoms with Crippen molar-refractivity contribution in [1.82, 2.24) is 5.32 Å². The minimum atomic E-state index is -0.925. The molecule has 1 atom stereocenters. The predicted octanol–water partition coefficient (Wildman–Crippen LogP) is 2.37. The molecule has 0 aliphatic carbocycles. The molecule has 6 nitrogen and oxygen atoms in total. The molecule has 2 amide bonds. The largest absolute Gasteiger partial charge is 0.481 e. The third-order valence-electron chi connectivity index (χ3n) is 3.44. The molecule has 1 aromatic rings. The van der Waals surface area contributed by atoms with Crippen LogP contribution >= 0.6 is 0 Å². The molecule has 0 aliphatic rings. The molecular formula is C17H24N2O4. The molecule has 3 N–H and O–H groups in total. The number of amides is 2. The van der Waals surface area contributed by atoms with Crippen molar-refractivity contribution in [3.63, 3.8) is 0 Å². The van der Waals surface area contributed by atoms with Gasteiger partial charge in [-0.3, -0.25) is 14.4 Å². The quantitative estimate of drug-likeness (QED) is 0.685. The van der Waals surface area contributed by atoms with Gasteiger partial charge in [0.15, 0.2) is 0 Å². The predicted molar refractivity (Wildman–Crippen MR) is 88.2 cm³/mol. The average Bonchev–Trinajstić information content (AvgIpc) is 2.50. The van der Waals surface area contributed by atoms with Gasteiger partial charge in [-0.25, -0.2) is 0 Å². The number of nitrogens with one attached hydrogen (secondary N) is 2. The van der Waals surface area contributed by atoms with Gasteiger partial charge in [-0.15, -0.1) is 0 Å². The maximum absolute atomic E-state index is 11.8. The van der Waals surface area contributed by atoms with Gasteiger partial charge >= 0.3 is 5.97 Å². The van der Waals surface area contributed by atoms with E-state index in [0.717, 1.165) is 6.42 Å². The highest BCUT2D eigenvalue weighted by molar-refractivity contribution is 5.94. The van der Waals surface area contributed by atoms with Crippen molar-refractivity contribution in [2.75, 3.05) is 11.9 Å². The average molecular weight is 320 g/mol. The summed E-state index contributed by atoms with van der Waals surface area (Å²) in [6.07, 6.45) is 1.18. The maximum atomic E-state index is 11.8. The maximum Gasteiger partial charge on any atom is 0.310 e. The van der Waals surface area contributed by atoms with Gasteiger partial charge in [0.2, 0.25) is 11.8 Å². The summed E-state index contributed by atoms with van der Waals surface area (Å²) in [5.41, 5.74) is 1.12. The molecule has 0 aromatic heterocycles. The van der Waals surface area contributed by atoms with Gasteiger partial charge < -0.3 is 15.7 Å². The number of rotatable bonds is 8. The highest BCUT2D eigenvalue weighted by atomic mass is 16.4. The molecule has 1 rings (SSSR count). The lowest BCUT2D eigenvalue weighted by atomic mass is 10.0. The molecule has 0 bridgehead atoms. The molecule has 0 aliphatic heterocycles. The van der Waals surface area contributed by atoms with Crippen molar-refractivity contribution >= 4 is 23.5 Å². The number of hydrogen-bond donors (Lipinski definition) is 3. The zero-order chi connectivity index (χ0) is 17.4. The number of benzene rings is 1. The van der Waals surface area contributed by atoms with Crippen LogP contribution < -0.4 is 10.6 Å². The SMILES string of the molecule is CC(C)CCC(=O)NCC(=O)Nc1cccc(C(C)C(=O)O)c1. The molecular weight excluding hydrogens is 296 g/mol. The van der Waals surface area contributed by atoms with E-state index in [-0.39, 0.29) is 18.4 Å². The van der Waals surface area contributed by atoms with Crippen molar-refractivity contribution in [3.05, 3.63) is 29.8 Å². The molecule has 126 valence electrons. The second-order valence-electron chi connectivity index (χ2n) is 5.94. The summed E-state index contributed by atoms with van der Waals surface area (Å²) in [6.45, 7) is 5.55. The summed E-state index contributed by atoms with van der Waals surface area (Å²) >= 11 is 0. The van der Waals surface area contributed by atoms with Gasteiger partial charge in [-0.1, -0.05) is 26.0 Å². The van der Waals surface area contributed by atoms with Gasteiger partial charge in [0.25, 0.3) is 0 Å². The van der Waals surface area contributed by atoms with Crippen LogP contribution in [0.25, 0.3) is 0 Å². The third-order valence-corrected chi connectivity index (χ3v) is 3.44. The van der Waals surface area contributed by atoms with Crippen LogP contribution in [0, 0.1) is 5.92 Å². The van der Waals surface area contributed by atoms with E-state index in [4.69, 9.17) is 5.11 Å². The van der Waals surface area contributed by atoms with Crippen LogP contribution in [-0.4, -0.2) is 29.4 Å². The van der Waals surface area contributed by atoms with E-state index in [2.05, 4.69) is 10.6 Å². The monoisotopic (exact) mass is 320 g/mol. The van der Waals surface area contributed by atoms with Gasteiger partial charge in [-0.05, 0) is 37.0 Å². The Hall–Kier alpha value is -2.37. The Bertz CT molecular complexity index is 569. The fourth-order valence-electron chi connectivity index (χ4n) is 1.92. The molecule has 0 fully saturated rings. The van der Waals surface area contributed by atoms with Crippen LogP contribution in [0.5, 0.6) is 0 Å². The Kier molecular flexibility index (Phi) is 7.25. The summed E-state index contributed by atoms with van der Waals surface area (Å²) in [5, 5.41) is 14.2. The van der Waals surface area contributed by atoms with E-state index in [1.54, 1.807) is 31.2 Å². The van der Waals surface area contributed by atoms with Crippen LogP contribution in [-0.2, 0) is 14.4 Å². The number of anilines is 1. The Morgan fingerprint density at radius 3 is 2.43 bits per heavy atom. The number of carboxylic acid groups (broad SMARTS) is 1. The Morgan fingerprint density at radius 1 is 1.13 bits per heavy atom. The summed E-state index contributed by atoms with van der Waals surface area (Å²) in [6, 6.07) is 6.68. The summed E-state index contributed by atoms with van der Waals surface area (Å²) in [7, 11) is 0. The van der Waals surface area contributed by atoms with E-state index in [9.17, 15) is 14.4 Å². The van der Waals surface area contributed by atoms with E-state index in [1.807, 2.05) is 13.8 Å². The Morgan fingerprint density at radius 2 is 1.83 bits per heavy atom. The molecule has 0 saturated heterocycles. The highest BCUT2D eigenvalue weighted by Crippen LogP contribution is 2.19. The zero-order valence-corrected chi connectivity index (χ0v) is 13.8. The molecule has 0 heterocycles. The molecule has 1 unspecified atom stereocenters. The van der Waals surface area contributed by atoms with Crippen molar-refractivity contribution in [2.45, 2.75) is 39.5 Å². The molecule has 6 heteroatoms. The summed E-state index contributed by atoms with van der Waals surface area (Å²) < 4.78 is 0. The van der Waals surface area contributed by atoms with Crippen LogP contribution in [0.2, 0.25) is 0 Å². The first kappa shape index (κ1) is 18.7. The van der Waals surface area contributed by atoms with Crippen molar-refractivity contribution < 1.29 is 19.5 Å². The van der Waals surface area contributed by atoms with Crippen LogP contribution in [0.4, 0.5) is 5.69 Å². The molecule has 0 radical (unpaired) electrons. The lowest BCUT2D eigenvalue weighted by molar-refractivity contribution is -0.138. The first-order chi connectivity index (χ1) is 10.8. The minimum absolute atomic E-state index is 0.102. The van der Waals surface area contributed by atoms with Crippen molar-refractivity contribution in [1.29, 1.82) is 0 Å². The third kappa shape index (κ3) is 6.95. The standard InChI is InChI=1S/C17H24N2O4/c1-11(2)7-8-15(20)18-10-16(21)19-14-6-4-5-13(9-14)12(3)17(22)23/h4-6,9,11-12H,7-8,10H2,1-3H3,(H,18,20)(H,19,21)(H,22,23). The lowest BCUT2D eigenvalue weighted by Gasteiger charge is -2.11. The number of carboxylic acids is 1. The molecule has 1 aromatic carbocycles. The smallest absolute Gasteiger partial charge is 0.310 e. The fourth-order valence-corrected chi connectivity index (χ4v) is 1.92. The van der Waals surface area contributed by atoms with Gasteiger partial charge in [0.1, 0.15) is 0 Å². The van der Waals surface area contributed by atoms with Crippen molar-refractivity contribution in [3.8, 4) is 0 Å². The summed E-state index contributed by atoms with van der Waals surface area (Å²) in [5.74, 6) is -1.63. The number of aliphatic carboxylic acids is 1. The first-order valence-electron chi connectivity index (χ1n) is 7.69. The Labute approximate surface area is 136 Å². The van der Waals surface area contributed by atoms with E-state index >= 15 is 0 Å². The number of carbonyl (C=O) groups excluding carboxylic acids is 2. The normalized spacial score (nSPS) is 11.8. The summed E-state index contributed by atoms with van der Waals surface area (Å²) in [4.78, 5) is 34.4. The minimum Gasteiger partial charge on any atom is -0.481 e. The van der Waals surface area contributed by atoms with Crippen molar-refractivity contribution in [2.24, 2.45) is 5.92 Å². The second-order valence-corrected chi connectivity index (χ2v) is 5.94.